The van der Waals surface area contributed by atoms with Gasteiger partial charge in [0, 0.05) is 10.1 Å². The van der Waals surface area contributed by atoms with Gasteiger partial charge < -0.3 is 0 Å². The molecule has 1 aromatic heterocycles. The third-order valence-electron chi connectivity index (χ3n) is 1.59. The molecule has 0 spiro atoms. The molecule has 2 rings (SSSR count). The number of benzene rings is 1. The summed E-state index contributed by atoms with van der Waals surface area (Å²) in [5.74, 6) is -0.387. The van der Waals surface area contributed by atoms with Gasteiger partial charge in [0.05, 0.1) is 9.50 Å². The Morgan fingerprint density at radius 2 is 2.25 bits per heavy atom. The van der Waals surface area contributed by atoms with Crippen LogP contribution in [0.2, 0.25) is 5.02 Å². The second kappa shape index (κ2) is 2.98. The van der Waals surface area contributed by atoms with Crippen molar-refractivity contribution < 1.29 is 4.39 Å². The van der Waals surface area contributed by atoms with Crippen molar-refractivity contribution in [2.45, 2.75) is 0 Å². The van der Waals surface area contributed by atoms with Crippen molar-refractivity contribution in [2.24, 2.45) is 0 Å². The van der Waals surface area contributed by atoms with Crippen molar-refractivity contribution in [2.75, 3.05) is 0 Å². The van der Waals surface area contributed by atoms with E-state index in [0.29, 0.717) is 4.47 Å². The Morgan fingerprint density at radius 1 is 1.50 bits per heavy atom. The van der Waals surface area contributed by atoms with Crippen molar-refractivity contribution in [1.29, 1.82) is 0 Å². The van der Waals surface area contributed by atoms with Crippen molar-refractivity contribution in [3.8, 4) is 0 Å². The van der Waals surface area contributed by atoms with Crippen LogP contribution in [0.25, 0.3) is 10.1 Å². The topological polar surface area (TPSA) is 0 Å². The van der Waals surface area contributed by atoms with Gasteiger partial charge in [-0.2, -0.15) is 0 Å². The molecule has 1 heterocycles. The van der Waals surface area contributed by atoms with Gasteiger partial charge in [-0.25, -0.2) is 4.39 Å². The van der Waals surface area contributed by atoms with Gasteiger partial charge in [-0.1, -0.05) is 11.6 Å². The summed E-state index contributed by atoms with van der Waals surface area (Å²) in [5.41, 5.74) is 0. The summed E-state index contributed by atoms with van der Waals surface area (Å²) < 4.78 is 14.6. The Balaban J connectivity index is 2.94. The monoisotopic (exact) mass is 264 g/mol. The molecular weight excluding hydrogens is 263 g/mol. The van der Waals surface area contributed by atoms with E-state index in [2.05, 4.69) is 15.9 Å². The lowest BCUT2D eigenvalue weighted by Gasteiger charge is -1.98. The molecule has 1 aromatic carbocycles. The van der Waals surface area contributed by atoms with Gasteiger partial charge in [-0.15, -0.1) is 11.3 Å². The number of hydrogen-bond donors (Lipinski definition) is 0. The van der Waals surface area contributed by atoms with Crippen LogP contribution in [0.15, 0.2) is 22.0 Å². The van der Waals surface area contributed by atoms with Crippen LogP contribution in [0.5, 0.6) is 0 Å². The first-order chi connectivity index (χ1) is 5.70. The molecule has 2 aromatic rings. The molecule has 0 amide bonds. The Hall–Kier alpha value is -0.120. The lowest BCUT2D eigenvalue weighted by molar-refractivity contribution is 0.623. The number of thiophene rings is 1. The molecule has 0 nitrogen and oxygen atoms in total. The Labute approximate surface area is 86.1 Å². The zero-order valence-corrected chi connectivity index (χ0v) is 8.93. The van der Waals surface area contributed by atoms with Gasteiger partial charge in [-0.3, -0.25) is 0 Å². The number of halogens is 3. The first-order valence-corrected chi connectivity index (χ1v) is 5.26. The Kier molecular flexibility index (Phi) is 2.10. The van der Waals surface area contributed by atoms with Crippen LogP contribution in [0.3, 0.4) is 0 Å². The zero-order chi connectivity index (χ0) is 8.72. The molecule has 0 N–H and O–H groups in total. The SMILES string of the molecule is Fc1c(Br)cc2sccc2c1Cl. The summed E-state index contributed by atoms with van der Waals surface area (Å²) in [4.78, 5) is 0. The van der Waals surface area contributed by atoms with E-state index in [9.17, 15) is 4.39 Å². The largest absolute Gasteiger partial charge is 0.204 e. The van der Waals surface area contributed by atoms with Crippen molar-refractivity contribution in [3.05, 3.63) is 32.8 Å². The van der Waals surface area contributed by atoms with Crippen LogP contribution in [-0.2, 0) is 0 Å². The highest BCUT2D eigenvalue weighted by Gasteiger charge is 2.09. The molecule has 0 saturated heterocycles. The third-order valence-corrected chi connectivity index (χ3v) is 3.40. The molecule has 0 atom stereocenters. The Morgan fingerprint density at radius 3 is 3.00 bits per heavy atom. The lowest BCUT2D eigenvalue weighted by atomic mass is 10.2. The third kappa shape index (κ3) is 1.16. The predicted molar refractivity (Wildman–Crippen MR) is 54.5 cm³/mol. The first kappa shape index (κ1) is 8.48. The first-order valence-electron chi connectivity index (χ1n) is 3.21. The molecule has 0 bridgehead atoms. The highest BCUT2D eigenvalue weighted by molar-refractivity contribution is 9.10. The molecular formula is C8H3BrClFS. The second-order valence-corrected chi connectivity index (χ2v) is 4.50. The molecule has 12 heavy (non-hydrogen) atoms. The van der Waals surface area contributed by atoms with Crippen molar-refractivity contribution in [1.82, 2.24) is 0 Å². The highest BCUT2D eigenvalue weighted by Crippen LogP contribution is 2.34. The van der Waals surface area contributed by atoms with E-state index in [4.69, 9.17) is 11.6 Å². The molecule has 0 saturated carbocycles. The van der Waals surface area contributed by atoms with Gasteiger partial charge in [0.1, 0.15) is 0 Å². The highest BCUT2D eigenvalue weighted by atomic mass is 79.9. The van der Waals surface area contributed by atoms with E-state index in [-0.39, 0.29) is 10.8 Å². The summed E-state index contributed by atoms with van der Waals surface area (Å²) in [6, 6.07) is 3.55. The maximum atomic E-state index is 13.2. The van der Waals surface area contributed by atoms with Crippen LogP contribution in [0.1, 0.15) is 0 Å². The van der Waals surface area contributed by atoms with Gasteiger partial charge in [0.15, 0.2) is 5.82 Å². The fourth-order valence-electron chi connectivity index (χ4n) is 1.02. The molecule has 62 valence electrons. The van der Waals surface area contributed by atoms with Gasteiger partial charge in [0.25, 0.3) is 0 Å². The van der Waals surface area contributed by atoms with E-state index < -0.39 is 0 Å². The summed E-state index contributed by atoms with van der Waals surface area (Å²) in [5, 5.41) is 2.87. The Bertz CT molecular complexity index is 438. The van der Waals surface area contributed by atoms with Crippen molar-refractivity contribution in [3.63, 3.8) is 0 Å². The average molecular weight is 266 g/mol. The number of hydrogen-bond acceptors (Lipinski definition) is 1. The van der Waals surface area contributed by atoms with Crippen LogP contribution in [0.4, 0.5) is 4.39 Å². The molecule has 0 radical (unpaired) electrons. The summed E-state index contributed by atoms with van der Waals surface area (Å²) in [6.45, 7) is 0. The molecule has 4 heteroatoms. The van der Waals surface area contributed by atoms with E-state index in [1.165, 1.54) is 0 Å². The minimum absolute atomic E-state index is 0.195. The van der Waals surface area contributed by atoms with Gasteiger partial charge >= 0.3 is 0 Å². The molecule has 0 unspecified atom stereocenters. The lowest BCUT2D eigenvalue weighted by Crippen LogP contribution is -1.78. The number of rotatable bonds is 0. The van der Waals surface area contributed by atoms with Gasteiger partial charge in [-0.05, 0) is 33.4 Å². The fourth-order valence-corrected chi connectivity index (χ4v) is 2.86. The van der Waals surface area contributed by atoms with Crippen LogP contribution >= 0.6 is 38.9 Å². The van der Waals surface area contributed by atoms with Crippen molar-refractivity contribution >= 4 is 49.0 Å². The van der Waals surface area contributed by atoms with Crippen LogP contribution < -0.4 is 0 Å². The maximum Gasteiger partial charge on any atom is 0.156 e. The summed E-state index contributed by atoms with van der Waals surface area (Å²) in [6.07, 6.45) is 0. The van der Waals surface area contributed by atoms with Crippen LogP contribution in [0, 0.1) is 5.82 Å². The minimum Gasteiger partial charge on any atom is -0.204 e. The van der Waals surface area contributed by atoms with Crippen LogP contribution in [-0.4, -0.2) is 0 Å². The molecule has 0 fully saturated rings. The normalized spacial score (nSPS) is 10.9. The average Bonchev–Trinajstić information content (AvgIpc) is 2.48. The predicted octanol–water partition coefficient (Wildman–Crippen LogP) is 4.46. The summed E-state index contributed by atoms with van der Waals surface area (Å²) in [7, 11) is 0. The van der Waals surface area contributed by atoms with Gasteiger partial charge in [0.2, 0.25) is 0 Å². The van der Waals surface area contributed by atoms with E-state index in [1.807, 2.05) is 11.4 Å². The minimum atomic E-state index is -0.387. The van der Waals surface area contributed by atoms with E-state index in [1.54, 1.807) is 17.4 Å². The maximum absolute atomic E-state index is 13.2. The quantitative estimate of drug-likeness (QED) is 0.617. The second-order valence-electron chi connectivity index (χ2n) is 2.32. The number of fused-ring (bicyclic) bond motifs is 1. The smallest absolute Gasteiger partial charge is 0.156 e. The molecule has 0 aliphatic carbocycles. The van der Waals surface area contributed by atoms with E-state index in [0.717, 1.165) is 10.1 Å². The molecule has 0 aliphatic heterocycles. The fraction of sp³-hybridized carbons (Fsp3) is 0. The van der Waals surface area contributed by atoms with E-state index >= 15 is 0 Å². The molecule has 0 aliphatic rings. The zero-order valence-electron chi connectivity index (χ0n) is 5.77. The standard InChI is InChI=1S/C8H3BrClFS/c9-5-3-6-4(1-2-12-6)7(10)8(5)11/h1-3H. The summed E-state index contributed by atoms with van der Waals surface area (Å²) >= 11 is 10.4.